The molecule has 0 radical (unpaired) electrons. The molecule has 80 valence electrons. The molecule has 0 bridgehead atoms. The minimum atomic E-state index is -0.453. The van der Waals surface area contributed by atoms with E-state index in [1.165, 1.54) is 13.2 Å². The Morgan fingerprint density at radius 3 is 2.67 bits per heavy atom. The van der Waals surface area contributed by atoms with Crippen LogP contribution in [0.15, 0.2) is 12.6 Å². The average Bonchev–Trinajstić information content (AvgIpc) is 2.15. The second-order valence-electron chi connectivity index (χ2n) is 3.22. The van der Waals surface area contributed by atoms with Gasteiger partial charge < -0.3 is 4.74 Å². The number of pyridine rings is 1. The lowest BCUT2D eigenvalue weighted by atomic mass is 10.1. The molecule has 0 aliphatic carbocycles. The van der Waals surface area contributed by atoms with Crippen LogP contribution in [0.25, 0.3) is 5.57 Å². The normalized spacial score (nSPS) is 9.80. The van der Waals surface area contributed by atoms with Crippen LogP contribution in [-0.4, -0.2) is 17.0 Å². The average molecular weight is 208 g/mol. The molecular formula is C10H12N2O3. The van der Waals surface area contributed by atoms with Gasteiger partial charge in [-0.15, -0.1) is 0 Å². The third-order valence-corrected chi connectivity index (χ3v) is 1.96. The predicted octanol–water partition coefficient (Wildman–Crippen LogP) is 2.34. The molecule has 0 amide bonds. The molecule has 0 saturated carbocycles. The monoisotopic (exact) mass is 208 g/mol. The van der Waals surface area contributed by atoms with E-state index in [9.17, 15) is 10.1 Å². The minimum Gasteiger partial charge on any atom is -0.481 e. The summed E-state index contributed by atoms with van der Waals surface area (Å²) in [6.07, 6.45) is 0. The fraction of sp³-hybridized carbons (Fsp3) is 0.300. The molecule has 5 heteroatoms. The van der Waals surface area contributed by atoms with Crippen LogP contribution in [0.1, 0.15) is 18.2 Å². The van der Waals surface area contributed by atoms with Crippen molar-refractivity contribution in [3.63, 3.8) is 0 Å². The lowest BCUT2D eigenvalue weighted by molar-refractivity contribution is -0.386. The molecule has 1 aromatic heterocycles. The van der Waals surface area contributed by atoms with Crippen molar-refractivity contribution >= 4 is 11.3 Å². The maximum absolute atomic E-state index is 10.8. The van der Waals surface area contributed by atoms with Crippen molar-refractivity contribution in [1.29, 1.82) is 0 Å². The number of aryl methyl sites for hydroxylation is 1. The molecule has 1 rings (SSSR count). The lowest BCUT2D eigenvalue weighted by Gasteiger charge is -2.06. The first-order valence-corrected chi connectivity index (χ1v) is 4.33. The zero-order chi connectivity index (χ0) is 11.6. The first-order chi connectivity index (χ1) is 6.97. The van der Waals surface area contributed by atoms with E-state index in [0.29, 0.717) is 17.0 Å². The molecule has 0 aliphatic heterocycles. The van der Waals surface area contributed by atoms with Gasteiger partial charge in [-0.2, -0.15) is 0 Å². The van der Waals surface area contributed by atoms with Crippen LogP contribution >= 0.6 is 0 Å². The van der Waals surface area contributed by atoms with E-state index in [0.717, 1.165) is 0 Å². The molecule has 1 heterocycles. The fourth-order valence-corrected chi connectivity index (χ4v) is 1.27. The fourth-order valence-electron chi connectivity index (χ4n) is 1.27. The van der Waals surface area contributed by atoms with Crippen molar-refractivity contribution in [1.82, 2.24) is 4.98 Å². The quantitative estimate of drug-likeness (QED) is 0.564. The van der Waals surface area contributed by atoms with Gasteiger partial charge in [-0.05, 0) is 19.4 Å². The summed E-state index contributed by atoms with van der Waals surface area (Å²) in [5.41, 5.74) is 1.33. The number of allylic oxidation sites excluding steroid dienone is 1. The molecule has 0 aromatic carbocycles. The Bertz CT molecular complexity index is 427. The third-order valence-electron chi connectivity index (χ3n) is 1.96. The van der Waals surface area contributed by atoms with Gasteiger partial charge in [0, 0.05) is 11.6 Å². The van der Waals surface area contributed by atoms with E-state index >= 15 is 0 Å². The van der Waals surface area contributed by atoms with E-state index in [1.54, 1.807) is 13.8 Å². The number of hydrogen-bond acceptors (Lipinski definition) is 4. The SMILES string of the molecule is C=C(C)c1nc(OC)cc(C)c1[N+](=O)[O-]. The van der Waals surface area contributed by atoms with Crippen molar-refractivity contribution in [3.8, 4) is 5.88 Å². The van der Waals surface area contributed by atoms with Gasteiger partial charge in [-0.25, -0.2) is 4.98 Å². The van der Waals surface area contributed by atoms with Crippen LogP contribution in [0.5, 0.6) is 5.88 Å². The number of nitrogens with zero attached hydrogens (tertiary/aromatic N) is 2. The second-order valence-corrected chi connectivity index (χ2v) is 3.22. The van der Waals surface area contributed by atoms with E-state index in [4.69, 9.17) is 4.74 Å². The van der Waals surface area contributed by atoms with Gasteiger partial charge in [0.1, 0.15) is 5.69 Å². The number of nitro groups is 1. The van der Waals surface area contributed by atoms with E-state index in [-0.39, 0.29) is 11.4 Å². The Balaban J connectivity index is 3.49. The molecule has 0 N–H and O–H groups in total. The number of hydrogen-bond donors (Lipinski definition) is 0. The van der Waals surface area contributed by atoms with Crippen LogP contribution in [-0.2, 0) is 0 Å². The van der Waals surface area contributed by atoms with Crippen molar-refractivity contribution < 1.29 is 9.66 Å². The van der Waals surface area contributed by atoms with Crippen molar-refractivity contribution in [2.75, 3.05) is 7.11 Å². The zero-order valence-electron chi connectivity index (χ0n) is 8.90. The van der Waals surface area contributed by atoms with E-state index < -0.39 is 4.92 Å². The third kappa shape index (κ3) is 2.12. The Labute approximate surface area is 87.6 Å². The van der Waals surface area contributed by atoms with Crippen LogP contribution in [0.2, 0.25) is 0 Å². The molecule has 5 nitrogen and oxygen atoms in total. The summed E-state index contributed by atoms with van der Waals surface area (Å²) in [6.45, 7) is 6.98. The summed E-state index contributed by atoms with van der Waals surface area (Å²) in [5, 5.41) is 10.8. The molecule has 0 spiro atoms. The van der Waals surface area contributed by atoms with Crippen molar-refractivity contribution in [3.05, 3.63) is 34.0 Å². The Morgan fingerprint density at radius 1 is 1.67 bits per heavy atom. The molecule has 15 heavy (non-hydrogen) atoms. The van der Waals surface area contributed by atoms with Crippen molar-refractivity contribution in [2.24, 2.45) is 0 Å². The van der Waals surface area contributed by atoms with Gasteiger partial charge >= 0.3 is 0 Å². The Hall–Kier alpha value is -1.91. The topological polar surface area (TPSA) is 65.3 Å². The Morgan fingerprint density at radius 2 is 2.27 bits per heavy atom. The molecule has 0 atom stereocenters. The molecular weight excluding hydrogens is 196 g/mol. The Kier molecular flexibility index (Phi) is 3.04. The highest BCUT2D eigenvalue weighted by molar-refractivity contribution is 5.69. The zero-order valence-corrected chi connectivity index (χ0v) is 8.90. The highest BCUT2D eigenvalue weighted by Crippen LogP contribution is 2.29. The van der Waals surface area contributed by atoms with Gasteiger partial charge in [0.05, 0.1) is 12.0 Å². The molecule has 0 fully saturated rings. The second kappa shape index (κ2) is 4.08. The largest absolute Gasteiger partial charge is 0.481 e. The maximum Gasteiger partial charge on any atom is 0.298 e. The predicted molar refractivity (Wildman–Crippen MR) is 56.9 cm³/mol. The molecule has 0 unspecified atom stereocenters. The van der Waals surface area contributed by atoms with Crippen LogP contribution < -0.4 is 4.74 Å². The lowest BCUT2D eigenvalue weighted by Crippen LogP contribution is -2.01. The van der Waals surface area contributed by atoms with Crippen LogP contribution in [0.3, 0.4) is 0 Å². The maximum atomic E-state index is 10.8. The highest BCUT2D eigenvalue weighted by Gasteiger charge is 2.20. The first kappa shape index (κ1) is 11.2. The van der Waals surface area contributed by atoms with Gasteiger partial charge in [0.15, 0.2) is 0 Å². The van der Waals surface area contributed by atoms with Crippen LogP contribution in [0.4, 0.5) is 5.69 Å². The summed E-state index contributed by atoms with van der Waals surface area (Å²) in [7, 11) is 1.47. The number of aromatic nitrogens is 1. The van der Waals surface area contributed by atoms with Gasteiger partial charge in [0.25, 0.3) is 5.69 Å². The number of rotatable bonds is 3. The summed E-state index contributed by atoms with van der Waals surface area (Å²) in [5.74, 6) is 0.358. The smallest absolute Gasteiger partial charge is 0.298 e. The molecule has 1 aromatic rings. The van der Waals surface area contributed by atoms with Gasteiger partial charge in [0.2, 0.25) is 5.88 Å². The summed E-state index contributed by atoms with van der Waals surface area (Å²) >= 11 is 0. The molecule has 0 saturated heterocycles. The van der Waals surface area contributed by atoms with E-state index in [1.807, 2.05) is 0 Å². The molecule has 0 aliphatic rings. The van der Waals surface area contributed by atoms with E-state index in [2.05, 4.69) is 11.6 Å². The van der Waals surface area contributed by atoms with Crippen molar-refractivity contribution in [2.45, 2.75) is 13.8 Å². The summed E-state index contributed by atoms with van der Waals surface area (Å²) in [6, 6.07) is 1.53. The summed E-state index contributed by atoms with van der Waals surface area (Å²) in [4.78, 5) is 14.4. The minimum absolute atomic E-state index is 0.0108. The number of ether oxygens (including phenoxy) is 1. The van der Waals surface area contributed by atoms with Gasteiger partial charge in [-0.1, -0.05) is 6.58 Å². The standard InChI is InChI=1S/C10H12N2O3/c1-6(2)9-10(12(13)14)7(3)5-8(11-9)15-4/h5H,1H2,2-4H3. The number of methoxy groups -OCH3 is 1. The first-order valence-electron chi connectivity index (χ1n) is 4.33. The van der Waals surface area contributed by atoms with Crippen LogP contribution in [0, 0.1) is 17.0 Å². The summed E-state index contributed by atoms with van der Waals surface area (Å²) < 4.78 is 4.95. The van der Waals surface area contributed by atoms with Gasteiger partial charge in [-0.3, -0.25) is 10.1 Å². The highest BCUT2D eigenvalue weighted by atomic mass is 16.6.